The molecule has 0 aromatic heterocycles. The first-order valence-electron chi connectivity index (χ1n) is 6.01. The van der Waals surface area contributed by atoms with Gasteiger partial charge in [-0.3, -0.25) is 4.79 Å². The molecule has 1 aromatic rings. The molecular formula is C13H16N2O4. The molecule has 1 heterocycles. The number of hydrogen-bond donors (Lipinski definition) is 2. The number of carbonyl (C=O) groups excluding carboxylic acids is 1. The molecular weight excluding hydrogens is 248 g/mol. The fraction of sp³-hybridized carbons (Fsp3) is 0.385. The SMILES string of the molecule is COC(=O)c1ccc(N2CCNC(C(=O)O)C2)cc1. The summed E-state index contributed by atoms with van der Waals surface area (Å²) in [7, 11) is 1.34. The van der Waals surface area contributed by atoms with Crippen LogP contribution in [0.15, 0.2) is 24.3 Å². The van der Waals surface area contributed by atoms with Crippen molar-refractivity contribution in [2.75, 3.05) is 31.6 Å². The first-order chi connectivity index (χ1) is 9.11. The smallest absolute Gasteiger partial charge is 0.337 e. The highest BCUT2D eigenvalue weighted by Crippen LogP contribution is 2.17. The monoisotopic (exact) mass is 264 g/mol. The molecule has 6 nitrogen and oxygen atoms in total. The number of carboxylic acid groups (broad SMARTS) is 1. The van der Waals surface area contributed by atoms with Crippen LogP contribution in [-0.2, 0) is 9.53 Å². The number of carbonyl (C=O) groups is 2. The fourth-order valence-corrected chi connectivity index (χ4v) is 2.08. The molecule has 1 aromatic carbocycles. The van der Waals surface area contributed by atoms with E-state index in [2.05, 4.69) is 10.1 Å². The Bertz CT molecular complexity index is 472. The number of rotatable bonds is 3. The highest BCUT2D eigenvalue weighted by molar-refractivity contribution is 5.89. The van der Waals surface area contributed by atoms with E-state index in [1.807, 2.05) is 4.90 Å². The van der Waals surface area contributed by atoms with E-state index in [4.69, 9.17) is 5.11 Å². The molecule has 1 fully saturated rings. The van der Waals surface area contributed by atoms with Gasteiger partial charge in [0, 0.05) is 25.3 Å². The van der Waals surface area contributed by atoms with Crippen molar-refractivity contribution in [3.8, 4) is 0 Å². The van der Waals surface area contributed by atoms with Gasteiger partial charge in [-0.15, -0.1) is 0 Å². The summed E-state index contributed by atoms with van der Waals surface area (Å²) in [6, 6.07) is 6.40. The number of nitrogens with zero attached hydrogens (tertiary/aromatic N) is 1. The second-order valence-corrected chi connectivity index (χ2v) is 4.33. The molecule has 0 aliphatic carbocycles. The second-order valence-electron chi connectivity index (χ2n) is 4.33. The first-order valence-corrected chi connectivity index (χ1v) is 6.01. The summed E-state index contributed by atoms with van der Waals surface area (Å²) in [5, 5.41) is 11.9. The predicted octanol–water partition coefficient (Wildman–Crippen LogP) is 0.336. The lowest BCUT2D eigenvalue weighted by Crippen LogP contribution is -2.54. The maximum atomic E-state index is 11.3. The number of aliphatic carboxylic acids is 1. The van der Waals surface area contributed by atoms with Crippen LogP contribution < -0.4 is 10.2 Å². The lowest BCUT2D eigenvalue weighted by atomic mass is 10.1. The molecule has 2 rings (SSSR count). The van der Waals surface area contributed by atoms with Gasteiger partial charge in [0.1, 0.15) is 6.04 Å². The minimum atomic E-state index is -0.851. The first kappa shape index (κ1) is 13.4. The van der Waals surface area contributed by atoms with E-state index in [0.717, 1.165) is 12.2 Å². The van der Waals surface area contributed by atoms with Crippen molar-refractivity contribution in [3.05, 3.63) is 29.8 Å². The van der Waals surface area contributed by atoms with E-state index in [0.29, 0.717) is 18.7 Å². The van der Waals surface area contributed by atoms with E-state index >= 15 is 0 Å². The van der Waals surface area contributed by atoms with Gasteiger partial charge in [-0.25, -0.2) is 4.79 Å². The molecule has 1 aliphatic rings. The average molecular weight is 264 g/mol. The molecule has 6 heteroatoms. The number of hydrogen-bond acceptors (Lipinski definition) is 5. The molecule has 102 valence electrons. The van der Waals surface area contributed by atoms with Crippen molar-refractivity contribution in [2.24, 2.45) is 0 Å². The lowest BCUT2D eigenvalue weighted by molar-refractivity contribution is -0.139. The number of esters is 1. The number of benzene rings is 1. The number of piperazine rings is 1. The van der Waals surface area contributed by atoms with Gasteiger partial charge in [0.2, 0.25) is 0 Å². The zero-order valence-electron chi connectivity index (χ0n) is 10.6. The zero-order valence-corrected chi connectivity index (χ0v) is 10.6. The summed E-state index contributed by atoms with van der Waals surface area (Å²) < 4.78 is 4.63. The summed E-state index contributed by atoms with van der Waals surface area (Å²) >= 11 is 0. The standard InChI is InChI=1S/C13H16N2O4/c1-19-13(18)9-2-4-10(5-3-9)15-7-6-14-11(8-15)12(16)17/h2-5,11,14H,6-8H2,1H3,(H,16,17). The fourth-order valence-electron chi connectivity index (χ4n) is 2.08. The zero-order chi connectivity index (χ0) is 13.8. The Labute approximate surface area is 111 Å². The van der Waals surface area contributed by atoms with Crippen molar-refractivity contribution in [1.29, 1.82) is 0 Å². The van der Waals surface area contributed by atoms with Crippen LogP contribution >= 0.6 is 0 Å². The number of carboxylic acids is 1. The van der Waals surface area contributed by atoms with Crippen molar-refractivity contribution in [3.63, 3.8) is 0 Å². The van der Waals surface area contributed by atoms with Gasteiger partial charge in [0.25, 0.3) is 0 Å². The largest absolute Gasteiger partial charge is 0.480 e. The highest BCUT2D eigenvalue weighted by atomic mass is 16.5. The number of anilines is 1. The normalized spacial score (nSPS) is 19.0. The Kier molecular flexibility index (Phi) is 4.01. The number of nitrogens with one attached hydrogen (secondary N) is 1. The molecule has 0 amide bonds. The molecule has 0 spiro atoms. The average Bonchev–Trinajstić information content (AvgIpc) is 2.46. The van der Waals surface area contributed by atoms with E-state index in [9.17, 15) is 9.59 Å². The van der Waals surface area contributed by atoms with Crippen LogP contribution in [0.2, 0.25) is 0 Å². The predicted molar refractivity (Wildman–Crippen MR) is 69.4 cm³/mol. The van der Waals surface area contributed by atoms with Gasteiger partial charge in [-0.2, -0.15) is 0 Å². The van der Waals surface area contributed by atoms with Crippen LogP contribution in [0, 0.1) is 0 Å². The summed E-state index contributed by atoms with van der Waals surface area (Å²) in [6.07, 6.45) is 0. The van der Waals surface area contributed by atoms with Crippen LogP contribution in [0.5, 0.6) is 0 Å². The topological polar surface area (TPSA) is 78.9 Å². The van der Waals surface area contributed by atoms with Crippen LogP contribution in [-0.4, -0.2) is 49.8 Å². The van der Waals surface area contributed by atoms with Crippen LogP contribution in [0.4, 0.5) is 5.69 Å². The molecule has 1 saturated heterocycles. The Hall–Kier alpha value is -2.08. The maximum absolute atomic E-state index is 11.3. The Morgan fingerprint density at radius 3 is 2.63 bits per heavy atom. The Morgan fingerprint density at radius 2 is 2.05 bits per heavy atom. The van der Waals surface area contributed by atoms with Gasteiger partial charge < -0.3 is 20.1 Å². The molecule has 0 radical (unpaired) electrons. The van der Waals surface area contributed by atoms with E-state index < -0.39 is 12.0 Å². The minimum Gasteiger partial charge on any atom is -0.480 e. The molecule has 1 unspecified atom stereocenters. The summed E-state index contributed by atoms with van der Waals surface area (Å²) in [6.45, 7) is 1.77. The highest BCUT2D eigenvalue weighted by Gasteiger charge is 2.24. The van der Waals surface area contributed by atoms with Crippen molar-refractivity contribution < 1.29 is 19.4 Å². The molecule has 1 aliphatic heterocycles. The summed E-state index contributed by atoms with van der Waals surface area (Å²) in [5.41, 5.74) is 1.39. The van der Waals surface area contributed by atoms with Gasteiger partial charge >= 0.3 is 11.9 Å². The van der Waals surface area contributed by atoms with E-state index in [-0.39, 0.29) is 5.97 Å². The van der Waals surface area contributed by atoms with Gasteiger partial charge in [-0.05, 0) is 24.3 Å². The van der Waals surface area contributed by atoms with Crippen molar-refractivity contribution in [2.45, 2.75) is 6.04 Å². The lowest BCUT2D eigenvalue weighted by Gasteiger charge is -2.33. The van der Waals surface area contributed by atoms with Crippen LogP contribution in [0.1, 0.15) is 10.4 Å². The van der Waals surface area contributed by atoms with Crippen molar-refractivity contribution in [1.82, 2.24) is 5.32 Å². The van der Waals surface area contributed by atoms with E-state index in [1.165, 1.54) is 7.11 Å². The summed E-state index contributed by atoms with van der Waals surface area (Å²) in [4.78, 5) is 24.3. The van der Waals surface area contributed by atoms with E-state index in [1.54, 1.807) is 24.3 Å². The summed E-state index contributed by atoms with van der Waals surface area (Å²) in [5.74, 6) is -1.23. The molecule has 2 N–H and O–H groups in total. The van der Waals surface area contributed by atoms with Gasteiger partial charge in [-0.1, -0.05) is 0 Å². The quantitative estimate of drug-likeness (QED) is 0.766. The van der Waals surface area contributed by atoms with Gasteiger partial charge in [0.05, 0.1) is 12.7 Å². The van der Waals surface area contributed by atoms with Crippen LogP contribution in [0.25, 0.3) is 0 Å². The molecule has 0 saturated carbocycles. The van der Waals surface area contributed by atoms with Gasteiger partial charge in [0.15, 0.2) is 0 Å². The molecule has 19 heavy (non-hydrogen) atoms. The number of ether oxygens (including phenoxy) is 1. The maximum Gasteiger partial charge on any atom is 0.337 e. The third-order valence-corrected chi connectivity index (χ3v) is 3.13. The van der Waals surface area contributed by atoms with Crippen LogP contribution in [0.3, 0.4) is 0 Å². The molecule has 0 bridgehead atoms. The Balaban J connectivity index is 2.09. The molecule has 1 atom stereocenters. The third-order valence-electron chi connectivity index (χ3n) is 3.13. The minimum absolute atomic E-state index is 0.379. The third kappa shape index (κ3) is 3.03. The second kappa shape index (κ2) is 5.71. The van der Waals surface area contributed by atoms with Crippen molar-refractivity contribution >= 4 is 17.6 Å². The number of methoxy groups -OCH3 is 1. The Morgan fingerprint density at radius 1 is 1.37 bits per heavy atom.